The zero-order chi connectivity index (χ0) is 7.33. The third-order valence-electron chi connectivity index (χ3n) is 1.34. The molecule has 0 aliphatic heterocycles. The minimum atomic E-state index is -1.11. The van der Waals surface area contributed by atoms with Crippen LogP contribution in [0.3, 0.4) is 0 Å². The number of hydrogen-bond donors (Lipinski definition) is 4. The summed E-state index contributed by atoms with van der Waals surface area (Å²) in [6.07, 6.45) is 0. The minimum Gasteiger partial charge on any atom is -0.396 e. The molecule has 0 aliphatic rings. The van der Waals surface area contributed by atoms with Crippen LogP contribution in [0.2, 0.25) is 0 Å². The van der Waals surface area contributed by atoms with E-state index in [1.807, 2.05) is 0 Å². The average Bonchev–Trinajstić information content (AvgIpc) is 1.95. The zero-order valence-electron chi connectivity index (χ0n) is 6.01. The van der Waals surface area contributed by atoms with Gasteiger partial charge in [-0.2, -0.15) is 0 Å². The van der Waals surface area contributed by atoms with Crippen LogP contribution in [0.4, 0.5) is 0 Å². The van der Waals surface area contributed by atoms with Crippen molar-refractivity contribution in [3.63, 3.8) is 0 Å². The van der Waals surface area contributed by atoms with Crippen LogP contribution in [-0.2, 0) is 0 Å². The van der Waals surface area contributed by atoms with Crippen LogP contribution in [0, 0.1) is 5.41 Å². The molecular formula is C5H12O4P2. The molecule has 0 heterocycles. The summed E-state index contributed by atoms with van der Waals surface area (Å²) >= 11 is 0. The zero-order valence-corrected chi connectivity index (χ0v) is 7.80. The molecule has 0 rings (SSSR count). The van der Waals surface area contributed by atoms with Gasteiger partial charge in [0.2, 0.25) is 0 Å². The summed E-state index contributed by atoms with van der Waals surface area (Å²) < 4.78 is 0. The van der Waals surface area contributed by atoms with Crippen molar-refractivity contribution in [3.05, 3.63) is 0 Å². The summed E-state index contributed by atoms with van der Waals surface area (Å²) in [5.74, 6) is 0. The highest BCUT2D eigenvalue weighted by molar-refractivity contribution is 6.92. The molecule has 0 fully saturated rings. The van der Waals surface area contributed by atoms with E-state index in [1.165, 1.54) is 0 Å². The first-order valence-corrected chi connectivity index (χ1v) is 2.68. The van der Waals surface area contributed by atoms with Crippen LogP contribution in [0.25, 0.3) is 0 Å². The summed E-state index contributed by atoms with van der Waals surface area (Å²) in [4.78, 5) is 0. The maximum atomic E-state index is 8.50. The fourth-order valence-corrected chi connectivity index (χ4v) is 0.300. The van der Waals surface area contributed by atoms with Crippen molar-refractivity contribution < 1.29 is 20.4 Å². The van der Waals surface area contributed by atoms with Gasteiger partial charge < -0.3 is 20.4 Å². The Morgan fingerprint density at radius 3 is 0.818 bits per heavy atom. The summed E-state index contributed by atoms with van der Waals surface area (Å²) in [6, 6.07) is 0. The van der Waals surface area contributed by atoms with Crippen molar-refractivity contribution in [2.75, 3.05) is 26.4 Å². The summed E-state index contributed by atoms with van der Waals surface area (Å²) in [6.45, 7) is -1.62. The molecule has 0 saturated carbocycles. The molecule has 66 valence electrons. The predicted molar refractivity (Wildman–Crippen MR) is 44.6 cm³/mol. The van der Waals surface area contributed by atoms with E-state index >= 15 is 0 Å². The van der Waals surface area contributed by atoms with Gasteiger partial charge in [-0.3, -0.25) is 0 Å². The van der Waals surface area contributed by atoms with E-state index in [4.69, 9.17) is 20.4 Å². The molecule has 0 amide bonds. The lowest BCUT2D eigenvalue weighted by Crippen LogP contribution is -2.37. The van der Waals surface area contributed by atoms with Crippen molar-refractivity contribution in [2.45, 2.75) is 0 Å². The molecule has 11 heavy (non-hydrogen) atoms. The number of aliphatic hydroxyl groups is 4. The third-order valence-corrected chi connectivity index (χ3v) is 1.34. The summed E-state index contributed by atoms with van der Waals surface area (Å²) in [7, 11) is 0. The highest BCUT2D eigenvalue weighted by Gasteiger charge is 2.26. The number of aliphatic hydroxyl groups excluding tert-OH is 4. The van der Waals surface area contributed by atoms with Crippen molar-refractivity contribution >= 4 is 19.8 Å². The largest absolute Gasteiger partial charge is 0.396 e. The van der Waals surface area contributed by atoms with E-state index in [0.29, 0.717) is 0 Å². The Morgan fingerprint density at radius 2 is 0.818 bits per heavy atom. The van der Waals surface area contributed by atoms with Gasteiger partial charge in [0.05, 0.1) is 31.8 Å². The van der Waals surface area contributed by atoms with Crippen molar-refractivity contribution in [3.8, 4) is 0 Å². The Hall–Kier alpha value is 0.700. The average molecular weight is 198 g/mol. The monoisotopic (exact) mass is 198 g/mol. The van der Waals surface area contributed by atoms with E-state index in [2.05, 4.69) is 0 Å². The topological polar surface area (TPSA) is 80.9 Å². The molecular weight excluding hydrogens is 186 g/mol. The molecule has 0 unspecified atom stereocenters. The van der Waals surface area contributed by atoms with Gasteiger partial charge in [-0.15, -0.1) is 0 Å². The molecule has 0 aromatic rings. The van der Waals surface area contributed by atoms with Gasteiger partial charge in [-0.05, 0) is 0 Å². The van der Waals surface area contributed by atoms with E-state index in [0.717, 1.165) is 0 Å². The fourth-order valence-electron chi connectivity index (χ4n) is 0.300. The van der Waals surface area contributed by atoms with Crippen LogP contribution in [0.15, 0.2) is 0 Å². The molecule has 0 saturated heterocycles. The molecule has 0 aromatic carbocycles. The molecule has 0 aromatic heterocycles. The van der Waals surface area contributed by atoms with Gasteiger partial charge in [-0.25, -0.2) is 0 Å². The second-order valence-electron chi connectivity index (χ2n) is 2.13. The van der Waals surface area contributed by atoms with E-state index < -0.39 is 31.8 Å². The van der Waals surface area contributed by atoms with Gasteiger partial charge in [0.25, 0.3) is 0 Å². The van der Waals surface area contributed by atoms with Crippen LogP contribution in [0.5, 0.6) is 0 Å². The SMILES string of the molecule is OCC(CO)(CO)CO.[P].[P]. The maximum Gasteiger partial charge on any atom is 0.0627 e. The lowest BCUT2D eigenvalue weighted by Gasteiger charge is -2.23. The predicted octanol–water partition coefficient (Wildman–Crippen LogP) is -0.336. The Balaban J connectivity index is -0.000000320. The Labute approximate surface area is 72.9 Å². The van der Waals surface area contributed by atoms with Crippen molar-refractivity contribution in [1.82, 2.24) is 0 Å². The number of hydrogen-bond acceptors (Lipinski definition) is 4. The van der Waals surface area contributed by atoms with Crippen LogP contribution < -0.4 is 0 Å². The first kappa shape index (κ1) is 17.7. The molecule has 4 nitrogen and oxygen atoms in total. The second-order valence-corrected chi connectivity index (χ2v) is 2.13. The molecule has 4 N–H and O–H groups in total. The van der Waals surface area contributed by atoms with Crippen LogP contribution in [-0.4, -0.2) is 46.9 Å². The van der Waals surface area contributed by atoms with Gasteiger partial charge >= 0.3 is 0 Å². The summed E-state index contributed by atoms with van der Waals surface area (Å²) in [5.41, 5.74) is -1.11. The van der Waals surface area contributed by atoms with E-state index in [-0.39, 0.29) is 19.8 Å². The Morgan fingerprint density at radius 1 is 0.636 bits per heavy atom. The molecule has 6 radical (unpaired) electrons. The Bertz CT molecular complexity index is 59.4. The third kappa shape index (κ3) is 5.02. The van der Waals surface area contributed by atoms with Gasteiger partial charge in [0, 0.05) is 19.8 Å². The quantitative estimate of drug-likeness (QED) is 0.466. The molecule has 0 bridgehead atoms. The molecule has 0 aliphatic carbocycles. The molecule has 6 heteroatoms. The highest BCUT2D eigenvalue weighted by Crippen LogP contribution is 2.11. The summed E-state index contributed by atoms with van der Waals surface area (Å²) in [5, 5.41) is 34.0. The van der Waals surface area contributed by atoms with E-state index in [1.54, 1.807) is 0 Å². The number of rotatable bonds is 4. The highest BCUT2D eigenvalue weighted by atomic mass is 31.0. The smallest absolute Gasteiger partial charge is 0.0627 e. The van der Waals surface area contributed by atoms with E-state index in [9.17, 15) is 0 Å². The lowest BCUT2D eigenvalue weighted by molar-refractivity contribution is -0.0328. The van der Waals surface area contributed by atoms with Crippen molar-refractivity contribution in [2.24, 2.45) is 5.41 Å². The first-order chi connectivity index (χ1) is 4.24. The lowest BCUT2D eigenvalue weighted by atomic mass is 9.93. The van der Waals surface area contributed by atoms with Crippen LogP contribution >= 0.6 is 19.8 Å². The normalized spacial score (nSPS) is 9.82. The maximum absolute atomic E-state index is 8.50. The standard InChI is InChI=1S/C5H12O4.2P/c6-1-5(2-7,3-8)4-9;;/h6-9H,1-4H2;;. The first-order valence-electron chi connectivity index (χ1n) is 2.68. The van der Waals surface area contributed by atoms with Gasteiger partial charge in [0.1, 0.15) is 0 Å². The van der Waals surface area contributed by atoms with Gasteiger partial charge in [-0.1, -0.05) is 0 Å². The minimum absolute atomic E-state index is 0. The Kier molecular flexibility index (Phi) is 14.1. The second kappa shape index (κ2) is 8.79. The molecule has 0 spiro atoms. The molecule has 0 atom stereocenters. The van der Waals surface area contributed by atoms with Crippen LogP contribution in [0.1, 0.15) is 0 Å². The van der Waals surface area contributed by atoms with Crippen molar-refractivity contribution in [1.29, 1.82) is 0 Å². The fraction of sp³-hybridized carbons (Fsp3) is 1.00. The van der Waals surface area contributed by atoms with Gasteiger partial charge in [0.15, 0.2) is 0 Å².